The molecule has 0 saturated carbocycles. The molecule has 0 spiro atoms. The van der Waals surface area contributed by atoms with Crippen LogP contribution in [0.25, 0.3) is 22.5 Å². The highest BCUT2D eigenvalue weighted by atomic mass is 35.5. The Morgan fingerprint density at radius 2 is 1.73 bits per heavy atom. The van der Waals surface area contributed by atoms with Gasteiger partial charge in [-0.3, -0.25) is 14.4 Å². The third-order valence-corrected chi connectivity index (χ3v) is 7.40. The lowest BCUT2D eigenvalue weighted by Crippen LogP contribution is -2.45. The van der Waals surface area contributed by atoms with Gasteiger partial charge in [-0.25, -0.2) is 0 Å². The number of aryl methyl sites for hydroxylation is 3. The highest BCUT2D eigenvalue weighted by Gasteiger charge is 2.35. The molecule has 3 aromatic heterocycles. The Bertz CT molecular complexity index is 1950. The van der Waals surface area contributed by atoms with E-state index >= 15 is 0 Å². The second-order valence-electron chi connectivity index (χ2n) is 10.2. The van der Waals surface area contributed by atoms with Crippen LogP contribution < -0.4 is 16.2 Å². The summed E-state index contributed by atoms with van der Waals surface area (Å²) in [5.41, 5.74) is -0.118. The number of benzene rings is 2. The Hall–Kier alpha value is -5.24. The molecular formula is C30H25ClF3N7O4. The van der Waals surface area contributed by atoms with Crippen molar-refractivity contribution in [1.82, 2.24) is 29.8 Å². The summed E-state index contributed by atoms with van der Waals surface area (Å²) in [6, 6.07) is 10.9. The average Bonchev–Trinajstić information content (AvgIpc) is 3.62. The van der Waals surface area contributed by atoms with Gasteiger partial charge in [-0.2, -0.15) is 13.2 Å². The minimum Gasteiger partial charge on any atom is -0.364 e. The normalized spacial score (nSPS) is 12.2. The molecule has 2 amide bonds. The maximum atomic E-state index is 13.6. The van der Waals surface area contributed by atoms with Crippen LogP contribution in [0.1, 0.15) is 27.2 Å². The Labute approximate surface area is 258 Å². The molecule has 15 heteroatoms. The predicted molar refractivity (Wildman–Crippen MR) is 158 cm³/mol. The maximum Gasteiger partial charge on any atom is 0.421 e. The zero-order valence-electron chi connectivity index (χ0n) is 24.0. The van der Waals surface area contributed by atoms with Crippen molar-refractivity contribution in [3.05, 3.63) is 105 Å². The number of hydrogen-bond acceptors (Lipinski definition) is 7. The number of nitrogens with one attached hydrogen (secondary N) is 2. The molecule has 1 unspecified atom stereocenters. The van der Waals surface area contributed by atoms with E-state index < -0.39 is 35.2 Å². The van der Waals surface area contributed by atoms with Crippen molar-refractivity contribution in [2.45, 2.75) is 25.6 Å². The molecule has 5 rings (SSSR count). The van der Waals surface area contributed by atoms with Gasteiger partial charge in [-0.1, -0.05) is 22.8 Å². The number of alkyl halides is 3. The van der Waals surface area contributed by atoms with E-state index in [0.29, 0.717) is 28.3 Å². The Morgan fingerprint density at radius 1 is 1.02 bits per heavy atom. The van der Waals surface area contributed by atoms with Gasteiger partial charge < -0.3 is 24.3 Å². The largest absolute Gasteiger partial charge is 0.421 e. The zero-order chi connectivity index (χ0) is 32.5. The van der Waals surface area contributed by atoms with Crippen molar-refractivity contribution < 1.29 is 27.3 Å². The van der Waals surface area contributed by atoms with Crippen LogP contribution in [0.2, 0.25) is 5.02 Å². The first-order valence-electron chi connectivity index (χ1n) is 13.4. The topological polar surface area (TPSA) is 137 Å². The van der Waals surface area contributed by atoms with Crippen molar-refractivity contribution in [1.29, 1.82) is 0 Å². The molecular weight excluding hydrogens is 615 g/mol. The van der Waals surface area contributed by atoms with Crippen molar-refractivity contribution in [3.8, 4) is 22.5 Å². The molecule has 0 radical (unpaired) electrons. The van der Waals surface area contributed by atoms with Crippen molar-refractivity contribution >= 4 is 29.1 Å². The lowest BCUT2D eigenvalue weighted by molar-refractivity contribution is -0.138. The lowest BCUT2D eigenvalue weighted by Gasteiger charge is -2.20. The number of amides is 2. The lowest BCUT2D eigenvalue weighted by atomic mass is 9.98. The Morgan fingerprint density at radius 3 is 2.36 bits per heavy atom. The van der Waals surface area contributed by atoms with E-state index in [2.05, 4.69) is 26.0 Å². The van der Waals surface area contributed by atoms with Gasteiger partial charge in [0.15, 0.2) is 5.82 Å². The van der Waals surface area contributed by atoms with Gasteiger partial charge in [0.25, 0.3) is 11.5 Å². The van der Waals surface area contributed by atoms with Crippen LogP contribution >= 0.6 is 11.6 Å². The molecule has 2 N–H and O–H groups in total. The zero-order valence-corrected chi connectivity index (χ0v) is 24.8. The monoisotopic (exact) mass is 639 g/mol. The average molecular weight is 640 g/mol. The highest BCUT2D eigenvalue weighted by molar-refractivity contribution is 6.31. The van der Waals surface area contributed by atoms with Crippen LogP contribution in [0.4, 0.5) is 18.9 Å². The number of carbonyl (C=O) groups excluding carboxylic acids is 2. The fourth-order valence-corrected chi connectivity index (χ4v) is 4.83. The fraction of sp³-hybridized carbons (Fsp3) is 0.200. The number of aromatic nitrogens is 5. The molecule has 0 saturated heterocycles. The van der Waals surface area contributed by atoms with Crippen molar-refractivity contribution in [2.75, 3.05) is 5.32 Å². The van der Waals surface area contributed by atoms with E-state index in [-0.39, 0.29) is 22.6 Å². The summed E-state index contributed by atoms with van der Waals surface area (Å²) < 4.78 is 48.1. The summed E-state index contributed by atoms with van der Waals surface area (Å²) >= 11 is 6.48. The standard InChI is InChI=1S/C30H25ClF3N7O4/c1-16-22(14-45-39-16)27(42)37-25(28(43)36-21-7-4-17(5-8-21)26-38-35-15-41(26)3)12-19-10-18(6-9-24(19)31)20-11-23(30(32,33)34)29(44)40(2)13-20/h4-11,13-15,25H,12H2,1-3H3,(H,36,43)(H,37,42). The number of hydrogen-bond donors (Lipinski definition) is 2. The van der Waals surface area contributed by atoms with Gasteiger partial charge in [-0.05, 0) is 66.1 Å². The Balaban J connectivity index is 1.45. The summed E-state index contributed by atoms with van der Waals surface area (Å²) in [5.74, 6) is -0.601. The minimum absolute atomic E-state index is 0.107. The van der Waals surface area contributed by atoms with Crippen molar-refractivity contribution in [2.24, 2.45) is 14.1 Å². The molecule has 0 aliphatic heterocycles. The van der Waals surface area contributed by atoms with Crippen LogP contribution in [-0.2, 0) is 31.5 Å². The second-order valence-corrected chi connectivity index (χ2v) is 10.6. The minimum atomic E-state index is -4.86. The molecule has 232 valence electrons. The van der Waals surface area contributed by atoms with E-state index in [0.717, 1.165) is 22.5 Å². The number of pyridine rings is 1. The molecule has 2 aromatic carbocycles. The van der Waals surface area contributed by atoms with Gasteiger partial charge in [-0.15, -0.1) is 10.2 Å². The van der Waals surface area contributed by atoms with Gasteiger partial charge >= 0.3 is 6.18 Å². The fourth-order valence-electron chi connectivity index (χ4n) is 4.64. The summed E-state index contributed by atoms with van der Waals surface area (Å²) in [6.07, 6.45) is -1.01. The smallest absolute Gasteiger partial charge is 0.364 e. The molecule has 0 aliphatic rings. The number of anilines is 1. The van der Waals surface area contributed by atoms with Gasteiger partial charge in [0.1, 0.15) is 29.8 Å². The van der Waals surface area contributed by atoms with E-state index in [1.54, 1.807) is 49.1 Å². The van der Waals surface area contributed by atoms with Crippen LogP contribution in [0.3, 0.4) is 0 Å². The number of carbonyl (C=O) groups is 2. The SMILES string of the molecule is Cc1nocc1C(=O)NC(Cc1cc(-c2cc(C(F)(F)F)c(=O)n(C)c2)ccc1Cl)C(=O)Nc1ccc(-c2nncn2C)cc1. The van der Waals surface area contributed by atoms with E-state index in [4.69, 9.17) is 16.1 Å². The first kappa shape index (κ1) is 31.2. The summed E-state index contributed by atoms with van der Waals surface area (Å²) in [5, 5.41) is 17.3. The van der Waals surface area contributed by atoms with Crippen LogP contribution in [-0.4, -0.2) is 42.3 Å². The van der Waals surface area contributed by atoms with Crippen LogP contribution in [0, 0.1) is 6.92 Å². The molecule has 0 bridgehead atoms. The molecule has 45 heavy (non-hydrogen) atoms. The number of halogens is 4. The summed E-state index contributed by atoms with van der Waals surface area (Å²) in [4.78, 5) is 38.8. The number of nitrogens with zero attached hydrogens (tertiary/aromatic N) is 5. The molecule has 0 aliphatic carbocycles. The highest BCUT2D eigenvalue weighted by Crippen LogP contribution is 2.31. The van der Waals surface area contributed by atoms with Crippen LogP contribution in [0.5, 0.6) is 0 Å². The van der Waals surface area contributed by atoms with Gasteiger partial charge in [0, 0.05) is 43.0 Å². The third kappa shape index (κ3) is 6.80. The molecule has 11 nitrogen and oxygen atoms in total. The second kappa shape index (κ2) is 12.4. The quantitative estimate of drug-likeness (QED) is 0.249. The van der Waals surface area contributed by atoms with Gasteiger partial charge in [0.05, 0.1) is 5.69 Å². The van der Waals surface area contributed by atoms with E-state index in [9.17, 15) is 27.6 Å². The molecule has 5 aromatic rings. The first-order valence-corrected chi connectivity index (χ1v) is 13.7. The van der Waals surface area contributed by atoms with Gasteiger partial charge in [0.2, 0.25) is 5.91 Å². The molecule has 1 atom stereocenters. The van der Waals surface area contributed by atoms with Crippen LogP contribution in [0.15, 0.2) is 76.6 Å². The molecule has 3 heterocycles. The predicted octanol–water partition coefficient (Wildman–Crippen LogP) is 4.80. The first-order chi connectivity index (χ1) is 21.3. The number of rotatable bonds is 8. The maximum absolute atomic E-state index is 13.6. The third-order valence-electron chi connectivity index (χ3n) is 7.03. The Kier molecular flexibility index (Phi) is 8.60. The summed E-state index contributed by atoms with van der Waals surface area (Å²) in [6.45, 7) is 1.56. The molecule has 0 fully saturated rings. The van der Waals surface area contributed by atoms with Crippen molar-refractivity contribution in [3.63, 3.8) is 0 Å². The van der Waals surface area contributed by atoms with E-state index in [1.165, 1.54) is 31.4 Å². The summed E-state index contributed by atoms with van der Waals surface area (Å²) in [7, 11) is 3.02. The van der Waals surface area contributed by atoms with E-state index in [1.807, 2.05) is 0 Å².